The minimum absolute atomic E-state index is 1.17. The van der Waals surface area contributed by atoms with Gasteiger partial charge in [-0.15, -0.1) is 0 Å². The molecule has 0 atom stereocenters. The van der Waals surface area contributed by atoms with Gasteiger partial charge in [0.15, 0.2) is 0 Å². The molecule has 4 nitrogen and oxygen atoms in total. The second kappa shape index (κ2) is 8.97. The Morgan fingerprint density at radius 2 is 1.33 bits per heavy atom. The first-order chi connectivity index (χ1) is 2.73. The second-order valence-electron chi connectivity index (χ2n) is 0.217. The van der Waals surface area contributed by atoms with Crippen LogP contribution in [-0.2, 0) is 23.2 Å². The molecular formula is HAlO4S-. The first kappa shape index (κ1) is 9.53. The van der Waals surface area contributed by atoms with Gasteiger partial charge in [0.25, 0.3) is 0 Å². The van der Waals surface area contributed by atoms with Gasteiger partial charge in [0.1, 0.15) is 0 Å². The van der Waals surface area contributed by atoms with Crippen molar-refractivity contribution in [3.05, 3.63) is 0 Å². The van der Waals surface area contributed by atoms with Crippen molar-refractivity contribution in [2.45, 2.75) is 0 Å². The van der Waals surface area contributed by atoms with Gasteiger partial charge in [-0.1, -0.05) is 0 Å². The SMILES string of the molecule is O=[S-](=O)O.[O]=[Al]. The molecule has 0 aromatic heterocycles. The third-order valence-corrected chi connectivity index (χ3v) is 0. The Labute approximate surface area is 44.6 Å². The topological polar surface area (TPSA) is 71.4 Å². The summed E-state index contributed by atoms with van der Waals surface area (Å²) in [7, 11) is -2.86. The minimum atomic E-state index is -2.86. The van der Waals surface area contributed by atoms with Crippen LogP contribution in [0, 0.1) is 0 Å². The first-order valence-electron chi connectivity index (χ1n) is 0.752. The van der Waals surface area contributed by atoms with E-state index in [9.17, 15) is 0 Å². The summed E-state index contributed by atoms with van der Waals surface area (Å²) < 4.78 is 32.2. The van der Waals surface area contributed by atoms with Gasteiger partial charge in [-0.05, 0) is 0 Å². The number of hydrogen-bond donors (Lipinski definition) is 1. The molecule has 0 rings (SSSR count). The maximum atomic E-state index is 8.56. The van der Waals surface area contributed by atoms with Crippen LogP contribution >= 0.6 is 0 Å². The van der Waals surface area contributed by atoms with E-state index in [1.165, 1.54) is 16.2 Å². The van der Waals surface area contributed by atoms with Crippen LogP contribution in [-0.4, -0.2) is 20.8 Å². The molecule has 0 saturated heterocycles. The second-order valence-corrected chi connectivity index (χ2v) is 0.651. The molecule has 0 amide bonds. The van der Waals surface area contributed by atoms with Gasteiger partial charge in [-0.2, -0.15) is 0 Å². The molecule has 0 aromatic rings. The molecule has 0 aliphatic carbocycles. The molecule has 0 saturated carbocycles. The summed E-state index contributed by atoms with van der Waals surface area (Å²) in [6, 6.07) is 0. The molecule has 1 radical (unpaired) electrons. The molecule has 6 heavy (non-hydrogen) atoms. The molecule has 35 valence electrons. The third kappa shape index (κ3) is 759. The van der Waals surface area contributed by atoms with Crippen molar-refractivity contribution >= 4 is 27.2 Å². The Bertz CT molecular complexity index is 65.6. The van der Waals surface area contributed by atoms with Crippen LogP contribution in [0.1, 0.15) is 0 Å². The molecule has 0 spiro atoms. The Balaban J connectivity index is 0. The molecule has 0 aliphatic heterocycles. The average Bonchev–Trinajstić information content (AvgIpc) is 1.41. The van der Waals surface area contributed by atoms with Crippen molar-refractivity contribution in [1.82, 2.24) is 0 Å². The van der Waals surface area contributed by atoms with Crippen molar-refractivity contribution < 1.29 is 16.8 Å². The van der Waals surface area contributed by atoms with E-state index in [1.807, 2.05) is 0 Å². The van der Waals surface area contributed by atoms with E-state index in [1.54, 1.807) is 0 Å². The summed E-state index contributed by atoms with van der Waals surface area (Å²) in [5.41, 5.74) is 0. The van der Waals surface area contributed by atoms with Gasteiger partial charge < -0.3 is 13.0 Å². The summed E-state index contributed by atoms with van der Waals surface area (Å²) in [5.74, 6) is 0. The van der Waals surface area contributed by atoms with E-state index < -0.39 is 11.0 Å². The van der Waals surface area contributed by atoms with Crippen LogP contribution in [0.5, 0.6) is 0 Å². The van der Waals surface area contributed by atoms with Crippen molar-refractivity contribution in [2.24, 2.45) is 0 Å². The monoisotopic (exact) mass is 124 g/mol. The predicted octanol–water partition coefficient (Wildman–Crippen LogP) is -0.731. The van der Waals surface area contributed by atoms with Gasteiger partial charge in [0, 0.05) is 11.0 Å². The van der Waals surface area contributed by atoms with Gasteiger partial charge in [-0.3, -0.25) is 0 Å². The molecule has 6 heteroatoms. The summed E-state index contributed by atoms with van der Waals surface area (Å²) in [6.07, 6.45) is 0. The molecule has 0 unspecified atom stereocenters. The fourth-order valence-electron chi connectivity index (χ4n) is 0. The van der Waals surface area contributed by atoms with Gasteiger partial charge in [-0.25, -0.2) is 0 Å². The van der Waals surface area contributed by atoms with Crippen molar-refractivity contribution in [1.29, 1.82) is 0 Å². The molecule has 0 bridgehead atoms. The predicted molar refractivity (Wildman–Crippen MR) is 17.8 cm³/mol. The average molecular weight is 124 g/mol. The molecule has 0 aromatic carbocycles. The fourth-order valence-corrected chi connectivity index (χ4v) is 0. The Morgan fingerprint density at radius 1 is 1.33 bits per heavy atom. The Hall–Kier alpha value is 0.242. The van der Waals surface area contributed by atoms with Crippen molar-refractivity contribution in [3.63, 3.8) is 0 Å². The van der Waals surface area contributed by atoms with Gasteiger partial charge in [0.2, 0.25) is 0 Å². The van der Waals surface area contributed by atoms with Crippen LogP contribution in [0.3, 0.4) is 0 Å². The fraction of sp³-hybridized carbons (Fsp3) is 0. The third-order valence-electron chi connectivity index (χ3n) is 0. The molecular weight excluding hydrogens is 123 g/mol. The molecule has 0 heterocycles. The normalized spacial score (nSPS) is 6.17. The zero-order valence-corrected chi connectivity index (χ0v) is 4.63. The van der Waals surface area contributed by atoms with Crippen molar-refractivity contribution in [2.75, 3.05) is 0 Å². The van der Waals surface area contributed by atoms with E-state index in [-0.39, 0.29) is 0 Å². The summed E-state index contributed by atoms with van der Waals surface area (Å²) in [5, 5.41) is 0. The van der Waals surface area contributed by atoms with Crippen LogP contribution in [0.15, 0.2) is 0 Å². The van der Waals surface area contributed by atoms with E-state index in [2.05, 4.69) is 0 Å². The number of rotatable bonds is 0. The zero-order chi connectivity index (χ0) is 5.58. The maximum absolute atomic E-state index is 8.56. The Kier molecular flexibility index (Phi) is 14.3. The van der Waals surface area contributed by atoms with Crippen molar-refractivity contribution in [3.8, 4) is 0 Å². The Morgan fingerprint density at radius 3 is 1.33 bits per heavy atom. The van der Waals surface area contributed by atoms with Gasteiger partial charge >= 0.3 is 20.0 Å². The van der Waals surface area contributed by atoms with Crippen LogP contribution in [0.2, 0.25) is 0 Å². The molecule has 1 N–H and O–H groups in total. The molecule has 0 fully saturated rings. The van der Waals surface area contributed by atoms with E-state index >= 15 is 0 Å². The first-order valence-corrected chi connectivity index (χ1v) is 2.25. The quantitative estimate of drug-likeness (QED) is 0.200. The summed E-state index contributed by atoms with van der Waals surface area (Å²) in [6.45, 7) is 0. The zero-order valence-electron chi connectivity index (χ0n) is 2.66. The van der Waals surface area contributed by atoms with Crippen LogP contribution < -0.4 is 0 Å². The standard InChI is InChI=1S/Al.HO3S.O/c;1-4(2)3;/h;(H,1,2,3);/q;-1;. The molecule has 0 aliphatic rings. The van der Waals surface area contributed by atoms with Crippen LogP contribution in [0.4, 0.5) is 0 Å². The van der Waals surface area contributed by atoms with E-state index in [4.69, 9.17) is 16.8 Å². The van der Waals surface area contributed by atoms with E-state index in [0.29, 0.717) is 0 Å². The number of hydrogen-bond acceptors (Lipinski definition) is 4. The van der Waals surface area contributed by atoms with Crippen LogP contribution in [0.25, 0.3) is 0 Å². The summed E-state index contributed by atoms with van der Waals surface area (Å²) in [4.78, 5) is 0. The summed E-state index contributed by atoms with van der Waals surface area (Å²) >= 11 is 1.17. The van der Waals surface area contributed by atoms with Gasteiger partial charge in [0.05, 0.1) is 0 Å². The van der Waals surface area contributed by atoms with E-state index in [0.717, 1.165) is 0 Å².